The van der Waals surface area contributed by atoms with Gasteiger partial charge in [-0.15, -0.1) is 0 Å². The molecule has 3 rings (SSSR count). The largest absolute Gasteiger partial charge is 0.489 e. The number of carboxylic acids is 1. The molecule has 0 aromatic heterocycles. The SMILES string of the molecule is O=C(O)c1ccc2c(c1)C(c1cc(F)cc(F)c1)=CCO2. The maximum atomic E-state index is 13.4. The highest BCUT2D eigenvalue weighted by molar-refractivity contribution is 5.92. The first-order valence-electron chi connectivity index (χ1n) is 6.22. The van der Waals surface area contributed by atoms with E-state index < -0.39 is 17.6 Å². The number of benzene rings is 2. The lowest BCUT2D eigenvalue weighted by Crippen LogP contribution is -2.08. The summed E-state index contributed by atoms with van der Waals surface area (Å²) in [5.74, 6) is -1.96. The van der Waals surface area contributed by atoms with Crippen LogP contribution in [0.1, 0.15) is 21.5 Å². The van der Waals surface area contributed by atoms with E-state index in [1.54, 1.807) is 12.1 Å². The van der Waals surface area contributed by atoms with Gasteiger partial charge in [-0.2, -0.15) is 0 Å². The first-order chi connectivity index (χ1) is 10.0. The number of hydrogen-bond acceptors (Lipinski definition) is 2. The minimum absolute atomic E-state index is 0.0852. The van der Waals surface area contributed by atoms with E-state index in [1.807, 2.05) is 0 Å². The molecule has 3 nitrogen and oxygen atoms in total. The highest BCUT2D eigenvalue weighted by atomic mass is 19.1. The Balaban J connectivity index is 2.15. The van der Waals surface area contributed by atoms with Crippen molar-refractivity contribution < 1.29 is 23.4 Å². The molecular formula is C16H10F2O3. The average molecular weight is 288 g/mol. The molecule has 106 valence electrons. The van der Waals surface area contributed by atoms with Crippen molar-refractivity contribution in [2.45, 2.75) is 0 Å². The van der Waals surface area contributed by atoms with Gasteiger partial charge in [0.05, 0.1) is 5.56 Å². The van der Waals surface area contributed by atoms with Gasteiger partial charge in [-0.05, 0) is 47.5 Å². The van der Waals surface area contributed by atoms with Crippen molar-refractivity contribution in [2.75, 3.05) is 6.61 Å². The van der Waals surface area contributed by atoms with Crippen LogP contribution in [-0.4, -0.2) is 17.7 Å². The zero-order valence-corrected chi connectivity index (χ0v) is 10.8. The van der Waals surface area contributed by atoms with Crippen molar-refractivity contribution in [3.05, 3.63) is 70.8 Å². The lowest BCUT2D eigenvalue weighted by molar-refractivity contribution is 0.0697. The van der Waals surface area contributed by atoms with Gasteiger partial charge < -0.3 is 9.84 Å². The molecule has 0 atom stereocenters. The van der Waals surface area contributed by atoms with E-state index >= 15 is 0 Å². The molecule has 1 heterocycles. The molecule has 0 saturated heterocycles. The second kappa shape index (κ2) is 5.01. The van der Waals surface area contributed by atoms with Crippen LogP contribution in [0.15, 0.2) is 42.5 Å². The molecular weight excluding hydrogens is 278 g/mol. The molecule has 0 saturated carbocycles. The Kier molecular flexibility index (Phi) is 3.17. The maximum Gasteiger partial charge on any atom is 0.335 e. The van der Waals surface area contributed by atoms with Crippen LogP contribution in [0, 0.1) is 11.6 Å². The Morgan fingerprint density at radius 3 is 2.48 bits per heavy atom. The van der Waals surface area contributed by atoms with E-state index in [0.29, 0.717) is 22.4 Å². The monoisotopic (exact) mass is 288 g/mol. The quantitative estimate of drug-likeness (QED) is 0.920. The summed E-state index contributed by atoms with van der Waals surface area (Å²) < 4.78 is 32.2. The topological polar surface area (TPSA) is 46.5 Å². The van der Waals surface area contributed by atoms with Crippen LogP contribution >= 0.6 is 0 Å². The van der Waals surface area contributed by atoms with E-state index in [-0.39, 0.29) is 12.2 Å². The van der Waals surface area contributed by atoms with Crippen LogP contribution in [0.5, 0.6) is 5.75 Å². The highest BCUT2D eigenvalue weighted by Crippen LogP contribution is 2.35. The predicted octanol–water partition coefficient (Wildman–Crippen LogP) is 3.49. The minimum atomic E-state index is -1.08. The number of ether oxygens (including phenoxy) is 1. The summed E-state index contributed by atoms with van der Waals surface area (Å²) in [5, 5.41) is 9.05. The van der Waals surface area contributed by atoms with Crippen LogP contribution in [0.25, 0.3) is 5.57 Å². The molecule has 2 aromatic carbocycles. The van der Waals surface area contributed by atoms with Crippen molar-refractivity contribution in [1.82, 2.24) is 0 Å². The van der Waals surface area contributed by atoms with Crippen molar-refractivity contribution in [3.8, 4) is 5.75 Å². The molecule has 1 aliphatic heterocycles. The minimum Gasteiger partial charge on any atom is -0.489 e. The third-order valence-electron chi connectivity index (χ3n) is 3.22. The van der Waals surface area contributed by atoms with Crippen LogP contribution < -0.4 is 4.74 Å². The second-order valence-corrected chi connectivity index (χ2v) is 4.60. The molecule has 0 unspecified atom stereocenters. The molecule has 1 aliphatic rings. The lowest BCUT2D eigenvalue weighted by Gasteiger charge is -2.19. The van der Waals surface area contributed by atoms with E-state index in [0.717, 1.165) is 6.07 Å². The number of halogens is 2. The number of carbonyl (C=O) groups is 1. The van der Waals surface area contributed by atoms with Gasteiger partial charge in [0, 0.05) is 11.6 Å². The number of fused-ring (bicyclic) bond motifs is 1. The Hall–Kier alpha value is -2.69. The van der Waals surface area contributed by atoms with Crippen molar-refractivity contribution >= 4 is 11.5 Å². The summed E-state index contributed by atoms with van der Waals surface area (Å²) in [6.07, 6.45) is 1.67. The smallest absolute Gasteiger partial charge is 0.335 e. The molecule has 0 spiro atoms. The molecule has 21 heavy (non-hydrogen) atoms. The van der Waals surface area contributed by atoms with Crippen LogP contribution in [0.4, 0.5) is 8.78 Å². The van der Waals surface area contributed by atoms with Crippen molar-refractivity contribution in [1.29, 1.82) is 0 Å². The Labute approximate surface area is 119 Å². The van der Waals surface area contributed by atoms with Gasteiger partial charge in [-0.3, -0.25) is 0 Å². The summed E-state index contributed by atoms with van der Waals surface area (Å²) >= 11 is 0. The van der Waals surface area contributed by atoms with Gasteiger partial charge in [0.1, 0.15) is 24.0 Å². The summed E-state index contributed by atoms with van der Waals surface area (Å²) in [5.41, 5.74) is 1.49. The van der Waals surface area contributed by atoms with Crippen molar-refractivity contribution in [2.24, 2.45) is 0 Å². The van der Waals surface area contributed by atoms with Crippen LogP contribution in [-0.2, 0) is 0 Å². The number of carboxylic acid groups (broad SMARTS) is 1. The van der Waals surface area contributed by atoms with E-state index in [2.05, 4.69) is 0 Å². The molecule has 1 N–H and O–H groups in total. The van der Waals surface area contributed by atoms with Gasteiger partial charge >= 0.3 is 5.97 Å². The number of hydrogen-bond donors (Lipinski definition) is 1. The van der Waals surface area contributed by atoms with E-state index in [9.17, 15) is 13.6 Å². The molecule has 0 amide bonds. The molecule has 0 fully saturated rings. The zero-order valence-electron chi connectivity index (χ0n) is 10.8. The zero-order chi connectivity index (χ0) is 15.0. The van der Waals surface area contributed by atoms with Gasteiger partial charge in [0.2, 0.25) is 0 Å². The standard InChI is InChI=1S/C16H10F2O3/c17-11-5-10(6-12(18)8-11)13-3-4-21-15-2-1-9(16(19)20)7-14(13)15/h1-3,5-8H,4H2,(H,19,20). The van der Waals surface area contributed by atoms with Gasteiger partial charge in [0.15, 0.2) is 0 Å². The normalized spacial score (nSPS) is 13.1. The molecule has 2 aromatic rings. The van der Waals surface area contributed by atoms with Crippen LogP contribution in [0.2, 0.25) is 0 Å². The van der Waals surface area contributed by atoms with Crippen LogP contribution in [0.3, 0.4) is 0 Å². The van der Waals surface area contributed by atoms with E-state index in [4.69, 9.17) is 9.84 Å². The molecule has 0 bridgehead atoms. The third kappa shape index (κ3) is 2.50. The molecule has 0 aliphatic carbocycles. The third-order valence-corrected chi connectivity index (χ3v) is 3.22. The molecule has 5 heteroatoms. The predicted molar refractivity (Wildman–Crippen MR) is 72.3 cm³/mol. The maximum absolute atomic E-state index is 13.4. The summed E-state index contributed by atoms with van der Waals surface area (Å²) in [6.45, 7) is 0.257. The second-order valence-electron chi connectivity index (χ2n) is 4.60. The Bertz CT molecular complexity index is 746. The van der Waals surface area contributed by atoms with Gasteiger partial charge in [-0.25, -0.2) is 13.6 Å². The fraction of sp³-hybridized carbons (Fsp3) is 0.0625. The highest BCUT2D eigenvalue weighted by Gasteiger charge is 2.18. The first kappa shape index (κ1) is 13.3. The number of rotatable bonds is 2. The summed E-state index contributed by atoms with van der Waals surface area (Å²) in [4.78, 5) is 11.1. The fourth-order valence-corrected chi connectivity index (χ4v) is 2.31. The van der Waals surface area contributed by atoms with Crippen molar-refractivity contribution in [3.63, 3.8) is 0 Å². The summed E-state index contributed by atoms with van der Waals surface area (Å²) in [6, 6.07) is 7.61. The molecule has 0 radical (unpaired) electrons. The number of aromatic carboxylic acids is 1. The summed E-state index contributed by atoms with van der Waals surface area (Å²) in [7, 11) is 0. The first-order valence-corrected chi connectivity index (χ1v) is 6.22. The lowest BCUT2D eigenvalue weighted by atomic mass is 9.94. The fourth-order valence-electron chi connectivity index (χ4n) is 2.31. The average Bonchev–Trinajstić information content (AvgIpc) is 2.45. The Morgan fingerprint density at radius 1 is 1.10 bits per heavy atom. The van der Waals surface area contributed by atoms with E-state index in [1.165, 1.54) is 24.3 Å². The Morgan fingerprint density at radius 2 is 1.81 bits per heavy atom. The van der Waals surface area contributed by atoms with Gasteiger partial charge in [0.25, 0.3) is 0 Å². The van der Waals surface area contributed by atoms with Gasteiger partial charge in [-0.1, -0.05) is 0 Å².